The van der Waals surface area contributed by atoms with Crippen LogP contribution in [-0.2, 0) is 23.9 Å². The summed E-state index contributed by atoms with van der Waals surface area (Å²) >= 11 is 0. The normalized spacial score (nSPS) is 12.3. The van der Waals surface area contributed by atoms with Crippen molar-refractivity contribution in [2.45, 2.75) is 52.0 Å². The Bertz CT molecular complexity index is 481. The van der Waals surface area contributed by atoms with E-state index in [9.17, 15) is 19.2 Å². The lowest BCUT2D eigenvalue weighted by molar-refractivity contribution is -0.161. The van der Waals surface area contributed by atoms with Crippen LogP contribution in [0.15, 0.2) is 24.3 Å². The van der Waals surface area contributed by atoms with Crippen LogP contribution >= 0.6 is 0 Å². The van der Waals surface area contributed by atoms with Crippen molar-refractivity contribution in [1.82, 2.24) is 4.90 Å². The first kappa shape index (κ1) is 21.6. The van der Waals surface area contributed by atoms with Gasteiger partial charge in [0.1, 0.15) is 6.04 Å². The van der Waals surface area contributed by atoms with E-state index in [4.69, 9.17) is 5.11 Å². The molecule has 0 bridgehead atoms. The second kappa shape index (κ2) is 12.0. The molecule has 0 saturated carbocycles. The Labute approximate surface area is 142 Å². The molecule has 0 aromatic rings. The number of carboxylic acids is 1. The number of imide groups is 1. The number of allylic oxidation sites excluding steroid dienone is 2. The molecule has 0 saturated heterocycles. The molecule has 0 heterocycles. The first-order valence-corrected chi connectivity index (χ1v) is 7.83. The molecule has 0 radical (unpaired) electrons. The van der Waals surface area contributed by atoms with Crippen LogP contribution in [0.1, 0.15) is 46.0 Å². The number of carbonyl (C=O) groups is 4. The van der Waals surface area contributed by atoms with Crippen LogP contribution in [0.3, 0.4) is 0 Å². The average molecular weight is 339 g/mol. The molecule has 2 amide bonds. The molecular formula is C17H25NO6. The summed E-state index contributed by atoms with van der Waals surface area (Å²) in [6.45, 7) is 3.78. The molecule has 0 rings (SSSR count). The fourth-order valence-corrected chi connectivity index (χ4v) is 1.97. The summed E-state index contributed by atoms with van der Waals surface area (Å²) in [5.74, 6) is -3.50. The zero-order chi connectivity index (χ0) is 18.5. The first-order valence-electron chi connectivity index (χ1n) is 7.83. The van der Waals surface area contributed by atoms with E-state index in [2.05, 4.69) is 4.74 Å². The number of carbonyl (C=O) groups excluding carboxylic acids is 3. The van der Waals surface area contributed by atoms with Gasteiger partial charge in [-0.1, -0.05) is 38.2 Å². The Hall–Kier alpha value is -2.44. The third kappa shape index (κ3) is 7.71. The summed E-state index contributed by atoms with van der Waals surface area (Å²) in [6, 6.07) is -1.47. The SMILES string of the molecule is CC/C=C/CC(=O)N(C(=O)C/C=C/CC)C(CC(=O)O)C(=O)OC. The molecule has 1 atom stereocenters. The fourth-order valence-electron chi connectivity index (χ4n) is 1.97. The van der Waals surface area contributed by atoms with Gasteiger partial charge in [-0.3, -0.25) is 19.3 Å². The summed E-state index contributed by atoms with van der Waals surface area (Å²) in [6.07, 6.45) is 7.22. The molecule has 24 heavy (non-hydrogen) atoms. The molecule has 1 N–H and O–H groups in total. The maximum atomic E-state index is 12.4. The van der Waals surface area contributed by atoms with E-state index >= 15 is 0 Å². The van der Waals surface area contributed by atoms with Gasteiger partial charge in [0.2, 0.25) is 11.8 Å². The largest absolute Gasteiger partial charge is 0.481 e. The van der Waals surface area contributed by atoms with Crippen LogP contribution in [0, 0.1) is 0 Å². The predicted octanol–water partition coefficient (Wildman–Crippen LogP) is 2.07. The van der Waals surface area contributed by atoms with Crippen molar-refractivity contribution in [3.05, 3.63) is 24.3 Å². The molecule has 134 valence electrons. The number of hydrogen-bond acceptors (Lipinski definition) is 5. The van der Waals surface area contributed by atoms with Gasteiger partial charge >= 0.3 is 11.9 Å². The van der Waals surface area contributed by atoms with Crippen LogP contribution in [0.2, 0.25) is 0 Å². The molecule has 0 aliphatic carbocycles. The topological polar surface area (TPSA) is 101 Å². The van der Waals surface area contributed by atoms with E-state index in [1.54, 1.807) is 24.3 Å². The molecule has 7 nitrogen and oxygen atoms in total. The molecule has 7 heteroatoms. The van der Waals surface area contributed by atoms with Crippen molar-refractivity contribution in [3.63, 3.8) is 0 Å². The number of hydrogen-bond donors (Lipinski definition) is 1. The Morgan fingerprint density at radius 3 is 1.75 bits per heavy atom. The van der Waals surface area contributed by atoms with E-state index in [0.717, 1.165) is 20.0 Å². The van der Waals surface area contributed by atoms with Gasteiger partial charge in [0, 0.05) is 12.8 Å². The zero-order valence-electron chi connectivity index (χ0n) is 14.4. The third-order valence-corrected chi connectivity index (χ3v) is 3.08. The number of ether oxygens (including phenoxy) is 1. The smallest absolute Gasteiger partial charge is 0.329 e. The van der Waals surface area contributed by atoms with Crippen molar-refractivity contribution in [1.29, 1.82) is 0 Å². The van der Waals surface area contributed by atoms with Gasteiger partial charge in [0.15, 0.2) is 0 Å². The number of nitrogens with zero attached hydrogens (tertiary/aromatic N) is 1. The molecule has 0 spiro atoms. The van der Waals surface area contributed by atoms with E-state index < -0.39 is 36.2 Å². The van der Waals surface area contributed by atoms with Crippen molar-refractivity contribution in [3.8, 4) is 0 Å². The number of aliphatic carboxylic acids is 1. The maximum absolute atomic E-state index is 12.4. The highest BCUT2D eigenvalue weighted by molar-refractivity contribution is 6.01. The van der Waals surface area contributed by atoms with E-state index in [1.807, 2.05) is 13.8 Å². The minimum Gasteiger partial charge on any atom is -0.481 e. The average Bonchev–Trinajstić information content (AvgIpc) is 2.53. The van der Waals surface area contributed by atoms with Gasteiger partial charge < -0.3 is 9.84 Å². The van der Waals surface area contributed by atoms with Crippen LogP contribution in [0.4, 0.5) is 0 Å². The van der Waals surface area contributed by atoms with Crippen molar-refractivity contribution in [2.24, 2.45) is 0 Å². The number of amides is 2. The summed E-state index contributed by atoms with van der Waals surface area (Å²) < 4.78 is 4.56. The van der Waals surface area contributed by atoms with E-state index in [0.29, 0.717) is 4.90 Å². The van der Waals surface area contributed by atoms with E-state index in [-0.39, 0.29) is 12.8 Å². The number of esters is 1. The van der Waals surface area contributed by atoms with Gasteiger partial charge in [-0.15, -0.1) is 0 Å². The Morgan fingerprint density at radius 1 is 0.958 bits per heavy atom. The number of carboxylic acid groups (broad SMARTS) is 1. The monoisotopic (exact) mass is 339 g/mol. The zero-order valence-corrected chi connectivity index (χ0v) is 14.4. The van der Waals surface area contributed by atoms with Gasteiger partial charge in [-0.2, -0.15) is 0 Å². The Balaban J connectivity index is 5.51. The number of rotatable bonds is 10. The van der Waals surface area contributed by atoms with Crippen LogP contribution in [0.25, 0.3) is 0 Å². The summed E-state index contributed by atoms with van der Waals surface area (Å²) in [5, 5.41) is 8.98. The van der Waals surface area contributed by atoms with Gasteiger partial charge in [0.25, 0.3) is 0 Å². The Morgan fingerprint density at radius 2 is 1.42 bits per heavy atom. The first-order chi connectivity index (χ1) is 11.4. The Kier molecular flexibility index (Phi) is 10.8. The second-order valence-electron chi connectivity index (χ2n) is 4.96. The maximum Gasteiger partial charge on any atom is 0.329 e. The summed E-state index contributed by atoms with van der Waals surface area (Å²) in [4.78, 5) is 48.3. The fraction of sp³-hybridized carbons (Fsp3) is 0.529. The molecular weight excluding hydrogens is 314 g/mol. The van der Waals surface area contributed by atoms with Crippen LogP contribution < -0.4 is 0 Å². The van der Waals surface area contributed by atoms with Crippen LogP contribution in [-0.4, -0.2) is 46.9 Å². The standard InChI is InChI=1S/C17H25NO6/c1-4-6-8-10-14(19)18(15(20)11-9-7-5-2)13(12-16(21)22)17(23)24-3/h6-9,13H,4-5,10-12H2,1-3H3,(H,21,22)/b8-6+,9-7+. The minimum absolute atomic E-state index is 0.0931. The van der Waals surface area contributed by atoms with Crippen molar-refractivity contribution < 1.29 is 29.0 Å². The minimum atomic E-state index is -1.47. The molecule has 0 aromatic carbocycles. The molecule has 0 fully saturated rings. The highest BCUT2D eigenvalue weighted by atomic mass is 16.5. The van der Waals surface area contributed by atoms with Gasteiger partial charge in [-0.25, -0.2) is 4.79 Å². The van der Waals surface area contributed by atoms with Crippen molar-refractivity contribution >= 4 is 23.8 Å². The van der Waals surface area contributed by atoms with Crippen molar-refractivity contribution in [2.75, 3.05) is 7.11 Å². The summed E-state index contributed by atoms with van der Waals surface area (Å²) in [5.41, 5.74) is 0. The quantitative estimate of drug-likeness (QED) is 0.483. The highest BCUT2D eigenvalue weighted by Gasteiger charge is 2.36. The van der Waals surface area contributed by atoms with E-state index in [1.165, 1.54) is 0 Å². The number of methoxy groups -OCH3 is 1. The third-order valence-electron chi connectivity index (χ3n) is 3.08. The highest BCUT2D eigenvalue weighted by Crippen LogP contribution is 2.13. The molecule has 0 aliphatic rings. The molecule has 0 aliphatic heterocycles. The second-order valence-corrected chi connectivity index (χ2v) is 4.96. The molecule has 0 aromatic heterocycles. The lowest BCUT2D eigenvalue weighted by atomic mass is 10.1. The predicted molar refractivity (Wildman–Crippen MR) is 88.0 cm³/mol. The summed E-state index contributed by atoms with van der Waals surface area (Å²) in [7, 11) is 1.08. The van der Waals surface area contributed by atoms with Gasteiger partial charge in [-0.05, 0) is 12.8 Å². The lowest BCUT2D eigenvalue weighted by Crippen LogP contribution is -2.49. The van der Waals surface area contributed by atoms with Gasteiger partial charge in [0.05, 0.1) is 13.5 Å². The lowest BCUT2D eigenvalue weighted by Gasteiger charge is -2.26. The molecule has 1 unspecified atom stereocenters. The van der Waals surface area contributed by atoms with Crippen LogP contribution in [0.5, 0.6) is 0 Å².